The van der Waals surface area contributed by atoms with E-state index in [1.54, 1.807) is 0 Å². The minimum Gasteiger partial charge on any atom is -0.456 e. The second kappa shape index (κ2) is 12.2. The van der Waals surface area contributed by atoms with E-state index in [1.807, 2.05) is 0 Å². The number of rotatable bonds is 5. The highest BCUT2D eigenvalue weighted by atomic mass is 28.3. The molecule has 0 unspecified atom stereocenters. The fourth-order valence-electron chi connectivity index (χ4n) is 8.44. The lowest BCUT2D eigenvalue weighted by Crippen LogP contribution is -2.74. The molecule has 7 aromatic carbocycles. The number of fused-ring (bicyclic) bond motifs is 6. The maximum Gasteiger partial charge on any atom is 0.179 e. The molecule has 0 aliphatic heterocycles. The molecule has 0 aliphatic rings. The molecule has 9 rings (SSSR count). The van der Waals surface area contributed by atoms with E-state index >= 15 is 0 Å². The van der Waals surface area contributed by atoms with Crippen LogP contribution in [0.4, 0.5) is 0 Å². The molecule has 260 valence electrons. The van der Waals surface area contributed by atoms with Crippen LogP contribution in [-0.2, 0) is 10.8 Å². The Morgan fingerprint density at radius 3 is 1.28 bits per heavy atom. The van der Waals surface area contributed by atoms with Gasteiger partial charge in [0.25, 0.3) is 0 Å². The van der Waals surface area contributed by atoms with Crippen LogP contribution in [0, 0.1) is 0 Å². The summed E-state index contributed by atoms with van der Waals surface area (Å²) in [5.41, 5.74) is 8.17. The number of hydrogen-bond donors (Lipinski definition) is 0. The Bertz CT molecular complexity index is 2610. The van der Waals surface area contributed by atoms with Crippen molar-refractivity contribution in [2.24, 2.45) is 0 Å². The molecule has 0 amide bonds. The van der Waals surface area contributed by atoms with Gasteiger partial charge in [0.05, 0.1) is 11.0 Å². The van der Waals surface area contributed by atoms with Crippen LogP contribution >= 0.6 is 0 Å². The zero-order valence-electron chi connectivity index (χ0n) is 31.4. The highest BCUT2D eigenvalue weighted by Gasteiger charge is 2.41. The first-order chi connectivity index (χ1) is 25.5. The standard InChI is InChI=1S/C50H45NOSi/c1-49(2,3)34-22-26-45-41(30-34)42-31-35(50(4,5)6)23-27-46(42)51(45)36-24-28-47-43(32-36)44-33-40(25-29-48(44)52-47)53(37-16-10-7-11-17-37,38-18-12-8-13-19-38)39-20-14-9-15-21-39/h7-33H,1-6H3. The summed E-state index contributed by atoms with van der Waals surface area (Å²) in [5.74, 6) is 0. The number of furan rings is 1. The maximum absolute atomic E-state index is 6.60. The van der Waals surface area contributed by atoms with Crippen LogP contribution in [0.5, 0.6) is 0 Å². The lowest BCUT2D eigenvalue weighted by Gasteiger charge is -2.34. The van der Waals surface area contributed by atoms with Gasteiger partial charge in [-0.2, -0.15) is 0 Å². The Balaban J connectivity index is 1.31. The molecular formula is C50H45NOSi. The second-order valence-electron chi connectivity index (χ2n) is 16.6. The molecular weight excluding hydrogens is 659 g/mol. The molecule has 53 heavy (non-hydrogen) atoms. The zero-order chi connectivity index (χ0) is 36.5. The summed E-state index contributed by atoms with van der Waals surface area (Å²) in [5, 5.41) is 10.3. The van der Waals surface area contributed by atoms with Crippen LogP contribution in [0.25, 0.3) is 49.4 Å². The molecule has 3 heteroatoms. The van der Waals surface area contributed by atoms with Crippen molar-refractivity contribution in [1.29, 1.82) is 0 Å². The smallest absolute Gasteiger partial charge is 0.179 e. The van der Waals surface area contributed by atoms with Crippen LogP contribution in [0.2, 0.25) is 0 Å². The van der Waals surface area contributed by atoms with Crippen molar-refractivity contribution in [3.05, 3.63) is 175 Å². The van der Waals surface area contributed by atoms with E-state index in [1.165, 1.54) is 53.7 Å². The summed E-state index contributed by atoms with van der Waals surface area (Å²) >= 11 is 0. The number of hydrogen-bond acceptors (Lipinski definition) is 1. The first-order valence-electron chi connectivity index (χ1n) is 18.8. The van der Waals surface area contributed by atoms with Gasteiger partial charge in [0.2, 0.25) is 0 Å². The van der Waals surface area contributed by atoms with E-state index in [0.717, 1.165) is 27.6 Å². The first kappa shape index (κ1) is 33.2. The number of benzene rings is 7. The molecule has 0 spiro atoms. The summed E-state index contributed by atoms with van der Waals surface area (Å²) in [6.07, 6.45) is 0. The van der Waals surface area contributed by atoms with Crippen molar-refractivity contribution in [1.82, 2.24) is 4.57 Å². The Kier molecular flexibility index (Phi) is 7.65. The molecule has 0 bridgehead atoms. The van der Waals surface area contributed by atoms with Gasteiger partial charge in [-0.25, -0.2) is 0 Å². The van der Waals surface area contributed by atoms with Crippen LogP contribution in [0.3, 0.4) is 0 Å². The van der Waals surface area contributed by atoms with E-state index in [9.17, 15) is 0 Å². The van der Waals surface area contributed by atoms with E-state index in [-0.39, 0.29) is 10.8 Å². The lowest BCUT2D eigenvalue weighted by molar-refractivity contribution is 0.590. The highest BCUT2D eigenvalue weighted by Crippen LogP contribution is 2.39. The molecule has 0 fully saturated rings. The third-order valence-electron chi connectivity index (χ3n) is 11.3. The Hall–Kier alpha value is -5.64. The van der Waals surface area contributed by atoms with Crippen LogP contribution in [-0.4, -0.2) is 12.6 Å². The molecule has 0 aliphatic carbocycles. The second-order valence-corrected chi connectivity index (χ2v) is 20.5. The van der Waals surface area contributed by atoms with E-state index in [4.69, 9.17) is 4.42 Å². The minimum absolute atomic E-state index is 0.0500. The number of aromatic nitrogens is 1. The summed E-state index contributed by atoms with van der Waals surface area (Å²) in [6, 6.07) is 61.1. The monoisotopic (exact) mass is 703 g/mol. The molecule has 2 aromatic heterocycles. The summed E-state index contributed by atoms with van der Waals surface area (Å²) in [4.78, 5) is 0. The number of nitrogens with zero attached hydrogens (tertiary/aromatic N) is 1. The normalized spacial score (nSPS) is 12.7. The maximum atomic E-state index is 6.60. The molecule has 9 aromatic rings. The van der Waals surface area contributed by atoms with E-state index in [2.05, 4.69) is 210 Å². The molecule has 0 saturated carbocycles. The third kappa shape index (κ3) is 5.37. The van der Waals surface area contributed by atoms with Gasteiger partial charge in [-0.05, 0) is 91.2 Å². The van der Waals surface area contributed by atoms with Gasteiger partial charge >= 0.3 is 0 Å². The van der Waals surface area contributed by atoms with Gasteiger partial charge in [-0.1, -0.05) is 157 Å². The Morgan fingerprint density at radius 2 is 0.830 bits per heavy atom. The van der Waals surface area contributed by atoms with E-state index in [0.29, 0.717) is 0 Å². The average molecular weight is 704 g/mol. The predicted molar refractivity (Wildman–Crippen MR) is 229 cm³/mol. The first-order valence-corrected chi connectivity index (χ1v) is 20.8. The zero-order valence-corrected chi connectivity index (χ0v) is 32.4. The molecule has 0 N–H and O–H groups in total. The lowest BCUT2D eigenvalue weighted by atomic mass is 9.85. The van der Waals surface area contributed by atoms with Crippen molar-refractivity contribution >= 4 is 72.6 Å². The van der Waals surface area contributed by atoms with Gasteiger partial charge in [0.1, 0.15) is 11.2 Å². The molecule has 0 saturated heterocycles. The summed E-state index contributed by atoms with van der Waals surface area (Å²) in [6.45, 7) is 13.8. The topological polar surface area (TPSA) is 18.1 Å². The molecule has 2 heterocycles. The van der Waals surface area contributed by atoms with E-state index < -0.39 is 8.07 Å². The largest absolute Gasteiger partial charge is 0.456 e. The van der Waals surface area contributed by atoms with Crippen molar-refractivity contribution in [3.8, 4) is 5.69 Å². The van der Waals surface area contributed by atoms with Gasteiger partial charge in [-0.15, -0.1) is 0 Å². The summed E-state index contributed by atoms with van der Waals surface area (Å²) in [7, 11) is -2.71. The van der Waals surface area contributed by atoms with Gasteiger partial charge < -0.3 is 8.98 Å². The minimum atomic E-state index is -2.71. The SMILES string of the molecule is CC(C)(C)c1ccc2c(c1)c1cc(C(C)(C)C)ccc1n2-c1ccc2oc3ccc([Si](c4ccccc4)(c4ccccc4)c4ccccc4)cc3c2c1. The van der Waals surface area contributed by atoms with Crippen LogP contribution < -0.4 is 20.7 Å². The molecule has 0 radical (unpaired) electrons. The third-order valence-corrected chi connectivity index (χ3v) is 16.0. The van der Waals surface area contributed by atoms with Crippen molar-refractivity contribution in [3.63, 3.8) is 0 Å². The Morgan fingerprint density at radius 1 is 0.396 bits per heavy atom. The molecule has 0 atom stereocenters. The predicted octanol–water partition coefficient (Wildman–Crippen LogP) is 10.7. The Labute approximate surface area is 313 Å². The van der Waals surface area contributed by atoms with Crippen molar-refractivity contribution in [2.75, 3.05) is 0 Å². The van der Waals surface area contributed by atoms with Gasteiger partial charge in [-0.3, -0.25) is 0 Å². The average Bonchev–Trinajstić information content (AvgIpc) is 3.70. The molecule has 2 nitrogen and oxygen atoms in total. The summed E-state index contributed by atoms with van der Waals surface area (Å²) < 4.78 is 9.04. The fraction of sp³-hybridized carbons (Fsp3) is 0.160. The van der Waals surface area contributed by atoms with Crippen molar-refractivity contribution in [2.45, 2.75) is 52.4 Å². The van der Waals surface area contributed by atoms with Gasteiger partial charge in [0.15, 0.2) is 8.07 Å². The van der Waals surface area contributed by atoms with Gasteiger partial charge in [0, 0.05) is 27.2 Å². The van der Waals surface area contributed by atoms with Crippen LogP contribution in [0.15, 0.2) is 168 Å². The van der Waals surface area contributed by atoms with Crippen LogP contribution in [0.1, 0.15) is 52.7 Å². The fourth-order valence-corrected chi connectivity index (χ4v) is 13.2. The quantitative estimate of drug-likeness (QED) is 0.129. The highest BCUT2D eigenvalue weighted by molar-refractivity contribution is 7.20. The van der Waals surface area contributed by atoms with Crippen molar-refractivity contribution < 1.29 is 4.42 Å².